The number of ether oxygens (including phenoxy) is 1. The van der Waals surface area contributed by atoms with E-state index in [1.54, 1.807) is 24.3 Å². The number of hydrogen-bond acceptors (Lipinski definition) is 4. The molecule has 0 aliphatic rings. The Morgan fingerprint density at radius 1 is 1.38 bits per heavy atom. The fraction of sp³-hybridized carbons (Fsp3) is 0.300. The lowest BCUT2D eigenvalue weighted by molar-refractivity contribution is -0.144. The van der Waals surface area contributed by atoms with E-state index >= 15 is 0 Å². The highest BCUT2D eigenvalue weighted by atomic mass is 32.2. The third-order valence-corrected chi connectivity index (χ3v) is 3.23. The van der Waals surface area contributed by atoms with E-state index in [9.17, 15) is 13.2 Å². The Bertz CT molecular complexity index is 455. The van der Waals surface area contributed by atoms with Crippen molar-refractivity contribution in [3.8, 4) is 0 Å². The number of primary sulfonamides is 1. The predicted molar refractivity (Wildman–Crippen MR) is 58.8 cm³/mol. The molecule has 6 heteroatoms. The standard InChI is InChI=1S/C10H13NO4S/c1-8(16(11,13)14)10(12)15-7-9-5-3-2-4-6-9/h2-6,8H,7H2,1H3,(H2,11,13,14). The average Bonchev–Trinajstić information content (AvgIpc) is 2.25. The van der Waals surface area contributed by atoms with Crippen molar-refractivity contribution >= 4 is 16.0 Å². The monoisotopic (exact) mass is 243 g/mol. The highest BCUT2D eigenvalue weighted by molar-refractivity contribution is 7.90. The van der Waals surface area contributed by atoms with Gasteiger partial charge in [0.25, 0.3) is 0 Å². The van der Waals surface area contributed by atoms with Crippen LogP contribution in [0.1, 0.15) is 12.5 Å². The number of nitrogens with two attached hydrogens (primary N) is 1. The molecule has 1 rings (SSSR count). The highest BCUT2D eigenvalue weighted by Gasteiger charge is 2.25. The van der Waals surface area contributed by atoms with Crippen molar-refractivity contribution < 1.29 is 17.9 Å². The van der Waals surface area contributed by atoms with Gasteiger partial charge in [-0.25, -0.2) is 13.6 Å². The topological polar surface area (TPSA) is 86.5 Å². The molecule has 0 aliphatic heterocycles. The summed E-state index contributed by atoms with van der Waals surface area (Å²) in [6, 6.07) is 8.97. The molecule has 0 fully saturated rings. The van der Waals surface area contributed by atoms with Crippen LogP contribution in [-0.2, 0) is 26.2 Å². The molecule has 0 radical (unpaired) electrons. The van der Waals surface area contributed by atoms with E-state index < -0.39 is 21.2 Å². The quantitative estimate of drug-likeness (QED) is 0.776. The van der Waals surface area contributed by atoms with Crippen LogP contribution in [0.15, 0.2) is 30.3 Å². The number of carbonyl (C=O) groups is 1. The molecule has 1 aromatic rings. The SMILES string of the molecule is CC(C(=O)OCc1ccccc1)S(N)(=O)=O. The van der Waals surface area contributed by atoms with E-state index in [2.05, 4.69) is 0 Å². The molecule has 0 saturated carbocycles. The lowest BCUT2D eigenvalue weighted by Crippen LogP contribution is -2.34. The lowest BCUT2D eigenvalue weighted by Gasteiger charge is -2.09. The fourth-order valence-corrected chi connectivity index (χ4v) is 1.32. The summed E-state index contributed by atoms with van der Waals surface area (Å²) in [5.41, 5.74) is 0.789. The first-order valence-electron chi connectivity index (χ1n) is 4.63. The van der Waals surface area contributed by atoms with Gasteiger partial charge in [0.2, 0.25) is 10.0 Å². The number of esters is 1. The van der Waals surface area contributed by atoms with Gasteiger partial charge in [-0.1, -0.05) is 30.3 Å². The van der Waals surface area contributed by atoms with Crippen LogP contribution in [0, 0.1) is 0 Å². The van der Waals surface area contributed by atoms with Crippen molar-refractivity contribution in [1.82, 2.24) is 0 Å². The largest absolute Gasteiger partial charge is 0.460 e. The Kier molecular flexibility index (Phi) is 4.03. The van der Waals surface area contributed by atoms with Crippen molar-refractivity contribution in [2.45, 2.75) is 18.8 Å². The first kappa shape index (κ1) is 12.7. The maximum absolute atomic E-state index is 11.3. The summed E-state index contributed by atoms with van der Waals surface area (Å²) in [7, 11) is -3.88. The van der Waals surface area contributed by atoms with Crippen LogP contribution in [0.2, 0.25) is 0 Å². The van der Waals surface area contributed by atoms with E-state index in [1.807, 2.05) is 6.07 Å². The first-order valence-corrected chi connectivity index (χ1v) is 6.24. The summed E-state index contributed by atoms with van der Waals surface area (Å²) < 4.78 is 26.5. The molecule has 1 atom stereocenters. The van der Waals surface area contributed by atoms with Gasteiger partial charge in [-0.3, -0.25) is 4.79 Å². The zero-order chi connectivity index (χ0) is 12.2. The molecule has 0 bridgehead atoms. The van der Waals surface area contributed by atoms with Crippen LogP contribution in [0.25, 0.3) is 0 Å². The van der Waals surface area contributed by atoms with Crippen molar-refractivity contribution in [1.29, 1.82) is 0 Å². The second-order valence-corrected chi connectivity index (χ2v) is 5.21. The summed E-state index contributed by atoms with van der Waals surface area (Å²) in [6.45, 7) is 1.24. The van der Waals surface area contributed by atoms with Crippen LogP contribution in [-0.4, -0.2) is 19.6 Å². The number of sulfonamides is 1. The van der Waals surface area contributed by atoms with Crippen LogP contribution in [0.4, 0.5) is 0 Å². The molecule has 2 N–H and O–H groups in total. The molecule has 0 saturated heterocycles. The average molecular weight is 243 g/mol. The van der Waals surface area contributed by atoms with Gasteiger partial charge in [0.05, 0.1) is 0 Å². The van der Waals surface area contributed by atoms with Crippen LogP contribution >= 0.6 is 0 Å². The predicted octanol–water partition coefficient (Wildman–Crippen LogP) is 0.407. The maximum Gasteiger partial charge on any atom is 0.325 e. The Balaban J connectivity index is 2.54. The molecule has 16 heavy (non-hydrogen) atoms. The van der Waals surface area contributed by atoms with Crippen molar-refractivity contribution in [3.63, 3.8) is 0 Å². The van der Waals surface area contributed by atoms with Gasteiger partial charge in [0, 0.05) is 0 Å². The normalized spacial score (nSPS) is 13.1. The van der Waals surface area contributed by atoms with Gasteiger partial charge in [-0.05, 0) is 12.5 Å². The fourth-order valence-electron chi connectivity index (χ4n) is 0.980. The number of hydrogen-bond donors (Lipinski definition) is 1. The number of rotatable bonds is 4. The molecular formula is C10H13NO4S. The summed E-state index contributed by atoms with van der Waals surface area (Å²) in [6.07, 6.45) is 0. The lowest BCUT2D eigenvalue weighted by atomic mass is 10.2. The van der Waals surface area contributed by atoms with Gasteiger partial charge < -0.3 is 4.74 Å². The molecule has 0 spiro atoms. The third kappa shape index (κ3) is 3.63. The Morgan fingerprint density at radius 3 is 2.44 bits per heavy atom. The molecule has 1 unspecified atom stereocenters. The summed E-state index contributed by atoms with van der Waals surface area (Å²) in [4.78, 5) is 11.3. The highest BCUT2D eigenvalue weighted by Crippen LogP contribution is 2.04. The molecule has 1 aromatic carbocycles. The van der Waals surface area contributed by atoms with Crippen LogP contribution in [0.3, 0.4) is 0 Å². The van der Waals surface area contributed by atoms with E-state index in [0.29, 0.717) is 0 Å². The number of benzene rings is 1. The second kappa shape index (κ2) is 5.09. The minimum atomic E-state index is -3.88. The van der Waals surface area contributed by atoms with Gasteiger partial charge >= 0.3 is 5.97 Å². The first-order chi connectivity index (χ1) is 7.41. The smallest absolute Gasteiger partial charge is 0.325 e. The van der Waals surface area contributed by atoms with Crippen molar-refractivity contribution in [2.24, 2.45) is 5.14 Å². The van der Waals surface area contributed by atoms with Gasteiger partial charge in [0.1, 0.15) is 6.61 Å². The zero-order valence-electron chi connectivity index (χ0n) is 8.79. The van der Waals surface area contributed by atoms with E-state index in [4.69, 9.17) is 9.88 Å². The molecule has 0 aliphatic carbocycles. The Hall–Kier alpha value is -1.40. The van der Waals surface area contributed by atoms with Crippen LogP contribution < -0.4 is 5.14 Å². The third-order valence-electron chi connectivity index (χ3n) is 2.05. The zero-order valence-corrected chi connectivity index (χ0v) is 9.61. The molecule has 5 nitrogen and oxygen atoms in total. The van der Waals surface area contributed by atoms with Gasteiger partial charge in [0.15, 0.2) is 5.25 Å². The Labute approximate surface area is 94.3 Å². The molecular weight excluding hydrogens is 230 g/mol. The van der Waals surface area contributed by atoms with E-state index in [-0.39, 0.29) is 6.61 Å². The van der Waals surface area contributed by atoms with Crippen molar-refractivity contribution in [2.75, 3.05) is 0 Å². The minimum absolute atomic E-state index is 0.0412. The molecule has 0 heterocycles. The van der Waals surface area contributed by atoms with E-state index in [1.165, 1.54) is 6.92 Å². The van der Waals surface area contributed by atoms with Crippen LogP contribution in [0.5, 0.6) is 0 Å². The number of carbonyl (C=O) groups excluding carboxylic acids is 1. The minimum Gasteiger partial charge on any atom is -0.460 e. The van der Waals surface area contributed by atoms with Crippen molar-refractivity contribution in [3.05, 3.63) is 35.9 Å². The summed E-state index contributed by atoms with van der Waals surface area (Å²) in [5, 5.41) is 3.48. The molecule has 0 aromatic heterocycles. The maximum atomic E-state index is 11.3. The van der Waals surface area contributed by atoms with Gasteiger partial charge in [-0.2, -0.15) is 0 Å². The molecule has 88 valence electrons. The summed E-state index contributed by atoms with van der Waals surface area (Å²) >= 11 is 0. The molecule has 0 amide bonds. The van der Waals surface area contributed by atoms with Gasteiger partial charge in [-0.15, -0.1) is 0 Å². The Morgan fingerprint density at radius 2 is 1.94 bits per heavy atom. The summed E-state index contributed by atoms with van der Waals surface area (Å²) in [5.74, 6) is -0.841. The second-order valence-electron chi connectivity index (χ2n) is 3.32. The van der Waals surface area contributed by atoms with E-state index in [0.717, 1.165) is 5.56 Å².